The number of ether oxygens (including phenoxy) is 2. The first-order valence-corrected chi connectivity index (χ1v) is 5.00. The van der Waals surface area contributed by atoms with Gasteiger partial charge in [-0.25, -0.2) is 0 Å². The highest BCUT2D eigenvalue weighted by atomic mass is 16.7. The van der Waals surface area contributed by atoms with Crippen molar-refractivity contribution >= 4 is 5.69 Å². The van der Waals surface area contributed by atoms with E-state index in [0.717, 1.165) is 11.1 Å². The molecule has 0 aliphatic carbocycles. The number of aryl methyl sites for hydroxylation is 1. The van der Waals surface area contributed by atoms with Crippen LogP contribution in [0.25, 0.3) is 0 Å². The zero-order valence-corrected chi connectivity index (χ0v) is 9.44. The van der Waals surface area contributed by atoms with Crippen molar-refractivity contribution in [2.24, 2.45) is 0 Å². The molecular weight excluding hydrogens is 210 g/mol. The monoisotopic (exact) mass is 223 g/mol. The van der Waals surface area contributed by atoms with Crippen molar-refractivity contribution in [3.8, 4) is 5.75 Å². The van der Waals surface area contributed by atoms with Gasteiger partial charge >= 0.3 is 5.69 Å². The molecule has 2 rings (SSSR count). The van der Waals surface area contributed by atoms with Crippen molar-refractivity contribution in [3.05, 3.63) is 33.4 Å². The number of fused-ring (bicyclic) bond motifs is 1. The molecule has 0 saturated heterocycles. The molecule has 0 atom stereocenters. The molecule has 5 nitrogen and oxygen atoms in total. The van der Waals surface area contributed by atoms with Crippen LogP contribution >= 0.6 is 0 Å². The highest BCUT2D eigenvalue weighted by Crippen LogP contribution is 2.39. The molecule has 0 spiro atoms. The van der Waals surface area contributed by atoms with Crippen LogP contribution in [0, 0.1) is 17.0 Å². The van der Waals surface area contributed by atoms with Gasteiger partial charge in [0.25, 0.3) is 0 Å². The first-order chi connectivity index (χ1) is 7.39. The van der Waals surface area contributed by atoms with Gasteiger partial charge in [-0.1, -0.05) is 0 Å². The Morgan fingerprint density at radius 2 is 2.12 bits per heavy atom. The molecule has 1 aliphatic heterocycles. The average Bonchev–Trinajstić information content (AvgIpc) is 2.16. The maximum atomic E-state index is 10.9. The number of hydrogen-bond donors (Lipinski definition) is 0. The van der Waals surface area contributed by atoms with Gasteiger partial charge in [0.1, 0.15) is 0 Å². The van der Waals surface area contributed by atoms with Crippen LogP contribution < -0.4 is 4.74 Å². The summed E-state index contributed by atoms with van der Waals surface area (Å²) in [5.74, 6) is -0.487. The van der Waals surface area contributed by atoms with Gasteiger partial charge in [0.2, 0.25) is 11.5 Å². The topological polar surface area (TPSA) is 61.6 Å². The molecule has 0 N–H and O–H groups in total. The van der Waals surface area contributed by atoms with E-state index in [0.29, 0.717) is 12.4 Å². The molecule has 1 aromatic rings. The van der Waals surface area contributed by atoms with E-state index in [1.54, 1.807) is 13.8 Å². The number of benzene rings is 1. The zero-order chi connectivity index (χ0) is 11.9. The average molecular weight is 223 g/mol. The third kappa shape index (κ3) is 1.86. The highest BCUT2D eigenvalue weighted by molar-refractivity contribution is 5.54. The molecule has 1 aliphatic rings. The zero-order valence-electron chi connectivity index (χ0n) is 9.44. The lowest BCUT2D eigenvalue weighted by Gasteiger charge is -2.32. The molecule has 0 bridgehead atoms. The summed E-state index contributed by atoms with van der Waals surface area (Å²) >= 11 is 0. The predicted octanol–water partition coefficient (Wildman–Crippen LogP) is 2.55. The maximum absolute atomic E-state index is 10.9. The molecule has 0 radical (unpaired) electrons. The van der Waals surface area contributed by atoms with Crippen LogP contribution in [0.5, 0.6) is 5.75 Å². The van der Waals surface area contributed by atoms with Gasteiger partial charge in [-0.15, -0.1) is 0 Å². The van der Waals surface area contributed by atoms with Gasteiger partial charge in [0.15, 0.2) is 0 Å². The second kappa shape index (κ2) is 3.45. The van der Waals surface area contributed by atoms with Crippen molar-refractivity contribution in [1.82, 2.24) is 0 Å². The van der Waals surface area contributed by atoms with Crippen LogP contribution in [0.2, 0.25) is 0 Å². The van der Waals surface area contributed by atoms with Crippen molar-refractivity contribution in [3.63, 3.8) is 0 Å². The normalized spacial score (nSPS) is 17.4. The molecule has 1 heterocycles. The highest BCUT2D eigenvalue weighted by Gasteiger charge is 2.32. The molecule has 0 amide bonds. The second-order valence-electron chi connectivity index (χ2n) is 4.32. The number of rotatable bonds is 1. The third-order valence-electron chi connectivity index (χ3n) is 2.41. The van der Waals surface area contributed by atoms with E-state index in [1.807, 2.05) is 13.0 Å². The van der Waals surface area contributed by atoms with Crippen molar-refractivity contribution in [1.29, 1.82) is 0 Å². The van der Waals surface area contributed by atoms with Crippen molar-refractivity contribution < 1.29 is 14.4 Å². The van der Waals surface area contributed by atoms with E-state index in [9.17, 15) is 10.1 Å². The quantitative estimate of drug-likeness (QED) is 0.542. The van der Waals surface area contributed by atoms with Gasteiger partial charge < -0.3 is 9.47 Å². The van der Waals surface area contributed by atoms with Crippen LogP contribution in [0.3, 0.4) is 0 Å². The standard InChI is InChI=1S/C11H13NO4/c1-7-4-8-6-15-11(2,3)16-10(8)9(5-7)12(13)14/h4-5H,6H2,1-3H3. The van der Waals surface area contributed by atoms with Crippen LogP contribution in [-0.4, -0.2) is 10.7 Å². The molecule has 16 heavy (non-hydrogen) atoms. The number of nitrogens with zero attached hydrogens (tertiary/aromatic N) is 1. The van der Waals surface area contributed by atoms with Gasteiger partial charge in [-0.05, 0) is 18.6 Å². The minimum Gasteiger partial charge on any atom is -0.455 e. The lowest BCUT2D eigenvalue weighted by atomic mass is 10.1. The largest absolute Gasteiger partial charge is 0.455 e. The molecule has 1 aromatic carbocycles. The van der Waals surface area contributed by atoms with E-state index >= 15 is 0 Å². The fourth-order valence-electron chi connectivity index (χ4n) is 1.72. The SMILES string of the molecule is Cc1cc2c(c([N+](=O)[O-])c1)OC(C)(C)OC2. The van der Waals surface area contributed by atoms with E-state index in [1.165, 1.54) is 6.07 Å². The number of nitro benzene ring substituents is 1. The Bertz CT molecular complexity index is 454. The van der Waals surface area contributed by atoms with Gasteiger partial charge in [0, 0.05) is 25.5 Å². The molecule has 0 unspecified atom stereocenters. The summed E-state index contributed by atoms with van der Waals surface area (Å²) in [6, 6.07) is 3.36. The third-order valence-corrected chi connectivity index (χ3v) is 2.41. The first kappa shape index (κ1) is 10.9. The molecule has 0 fully saturated rings. The number of hydrogen-bond acceptors (Lipinski definition) is 4. The van der Waals surface area contributed by atoms with E-state index in [4.69, 9.17) is 9.47 Å². The Balaban J connectivity index is 2.56. The molecule has 5 heteroatoms. The Morgan fingerprint density at radius 3 is 2.75 bits per heavy atom. The summed E-state index contributed by atoms with van der Waals surface area (Å²) in [5, 5.41) is 10.9. The number of nitro groups is 1. The lowest BCUT2D eigenvalue weighted by molar-refractivity contribution is -0.387. The van der Waals surface area contributed by atoms with Crippen molar-refractivity contribution in [2.45, 2.75) is 33.2 Å². The Hall–Kier alpha value is -1.62. The molecule has 0 aromatic heterocycles. The Labute approximate surface area is 93.1 Å². The summed E-state index contributed by atoms with van der Waals surface area (Å²) in [4.78, 5) is 10.5. The predicted molar refractivity (Wildman–Crippen MR) is 57.3 cm³/mol. The summed E-state index contributed by atoms with van der Waals surface area (Å²) in [6.07, 6.45) is 0. The van der Waals surface area contributed by atoms with Crippen LogP contribution in [-0.2, 0) is 11.3 Å². The Kier molecular flexibility index (Phi) is 2.35. The van der Waals surface area contributed by atoms with Crippen LogP contribution in [0.4, 0.5) is 5.69 Å². The first-order valence-electron chi connectivity index (χ1n) is 5.00. The summed E-state index contributed by atoms with van der Waals surface area (Å²) in [5.41, 5.74) is 1.56. The van der Waals surface area contributed by atoms with Gasteiger partial charge in [0.05, 0.1) is 11.5 Å². The van der Waals surface area contributed by atoms with E-state index in [-0.39, 0.29) is 5.69 Å². The van der Waals surface area contributed by atoms with E-state index in [2.05, 4.69) is 0 Å². The fraction of sp³-hybridized carbons (Fsp3) is 0.455. The summed E-state index contributed by atoms with van der Waals surface area (Å²) in [7, 11) is 0. The molecule has 86 valence electrons. The summed E-state index contributed by atoms with van der Waals surface area (Å²) in [6.45, 7) is 5.62. The smallest absolute Gasteiger partial charge is 0.311 e. The minimum atomic E-state index is -0.812. The van der Waals surface area contributed by atoms with Gasteiger partial charge in [-0.2, -0.15) is 0 Å². The van der Waals surface area contributed by atoms with Crippen molar-refractivity contribution in [2.75, 3.05) is 0 Å². The lowest BCUT2D eigenvalue weighted by Crippen LogP contribution is -2.35. The second-order valence-corrected chi connectivity index (χ2v) is 4.32. The van der Waals surface area contributed by atoms with Crippen LogP contribution in [0.15, 0.2) is 12.1 Å². The molecular formula is C11H13NO4. The maximum Gasteiger partial charge on any atom is 0.311 e. The molecule has 0 saturated carbocycles. The van der Waals surface area contributed by atoms with Gasteiger partial charge in [-0.3, -0.25) is 10.1 Å². The van der Waals surface area contributed by atoms with Crippen LogP contribution in [0.1, 0.15) is 25.0 Å². The van der Waals surface area contributed by atoms with E-state index < -0.39 is 10.7 Å². The minimum absolute atomic E-state index is 0.00590. The summed E-state index contributed by atoms with van der Waals surface area (Å²) < 4.78 is 10.9. The fourth-order valence-corrected chi connectivity index (χ4v) is 1.72. The Morgan fingerprint density at radius 1 is 1.44 bits per heavy atom.